The predicted octanol–water partition coefficient (Wildman–Crippen LogP) is 3.14. The number of phenols is 1. The Morgan fingerprint density at radius 3 is 2.42 bits per heavy atom. The first-order valence-electron chi connectivity index (χ1n) is 8.19. The van der Waals surface area contributed by atoms with Gasteiger partial charge in [0.05, 0.1) is 5.56 Å². The normalized spacial score (nSPS) is 17.1. The molecule has 4 rings (SSSR count). The van der Waals surface area contributed by atoms with E-state index in [0.29, 0.717) is 30.5 Å². The molecular weight excluding hydrogens is 306 g/mol. The van der Waals surface area contributed by atoms with Gasteiger partial charge in [0.25, 0.3) is 5.91 Å². The lowest BCUT2D eigenvalue weighted by atomic mass is 9.89. The highest BCUT2D eigenvalue weighted by Crippen LogP contribution is 2.38. The first-order chi connectivity index (χ1) is 11.7. The molecule has 0 aliphatic carbocycles. The summed E-state index contributed by atoms with van der Waals surface area (Å²) in [6.07, 6.45) is 1.86. The van der Waals surface area contributed by atoms with Gasteiger partial charge in [0.2, 0.25) is 6.79 Å². The average molecular weight is 325 g/mol. The SMILES string of the molecule is O=C(c1cc2c(cc1O)OCO2)N1CCC(c2ccccc2)CC1. The van der Waals surface area contributed by atoms with Crippen LogP contribution in [0.2, 0.25) is 0 Å². The van der Waals surface area contributed by atoms with E-state index in [2.05, 4.69) is 24.3 Å². The van der Waals surface area contributed by atoms with Crippen molar-refractivity contribution in [2.45, 2.75) is 18.8 Å². The number of amides is 1. The Morgan fingerprint density at radius 2 is 1.71 bits per heavy atom. The van der Waals surface area contributed by atoms with E-state index in [9.17, 15) is 9.90 Å². The number of carbonyl (C=O) groups excluding carboxylic acids is 1. The van der Waals surface area contributed by atoms with Crippen LogP contribution in [0, 0.1) is 0 Å². The van der Waals surface area contributed by atoms with E-state index < -0.39 is 0 Å². The van der Waals surface area contributed by atoms with Crippen LogP contribution in [-0.2, 0) is 0 Å². The van der Waals surface area contributed by atoms with Crippen molar-refractivity contribution in [1.29, 1.82) is 0 Å². The molecule has 1 saturated heterocycles. The highest BCUT2D eigenvalue weighted by atomic mass is 16.7. The summed E-state index contributed by atoms with van der Waals surface area (Å²) in [4.78, 5) is 14.5. The summed E-state index contributed by atoms with van der Waals surface area (Å²) in [5.74, 6) is 1.26. The van der Waals surface area contributed by atoms with Crippen LogP contribution in [0.5, 0.6) is 17.2 Å². The second-order valence-corrected chi connectivity index (χ2v) is 6.20. The molecule has 5 heteroatoms. The fraction of sp³-hybridized carbons (Fsp3) is 0.316. The molecule has 1 fully saturated rings. The topological polar surface area (TPSA) is 59.0 Å². The molecule has 124 valence electrons. The van der Waals surface area contributed by atoms with Crippen molar-refractivity contribution in [3.8, 4) is 17.2 Å². The second kappa shape index (κ2) is 6.07. The van der Waals surface area contributed by atoms with Crippen LogP contribution >= 0.6 is 0 Å². The minimum absolute atomic E-state index is 0.0607. The van der Waals surface area contributed by atoms with E-state index in [1.807, 2.05) is 6.07 Å². The number of phenolic OH excluding ortho intramolecular Hbond substituents is 1. The number of rotatable bonds is 2. The maximum Gasteiger partial charge on any atom is 0.257 e. The molecule has 0 unspecified atom stereocenters. The molecule has 2 heterocycles. The maximum atomic E-state index is 12.7. The van der Waals surface area contributed by atoms with E-state index >= 15 is 0 Å². The van der Waals surface area contributed by atoms with Gasteiger partial charge in [0, 0.05) is 25.2 Å². The zero-order valence-corrected chi connectivity index (χ0v) is 13.3. The van der Waals surface area contributed by atoms with Gasteiger partial charge < -0.3 is 19.5 Å². The summed E-state index contributed by atoms with van der Waals surface area (Å²) in [7, 11) is 0. The number of nitrogens with zero attached hydrogens (tertiary/aromatic N) is 1. The van der Waals surface area contributed by atoms with Gasteiger partial charge in [-0.15, -0.1) is 0 Å². The number of benzene rings is 2. The van der Waals surface area contributed by atoms with E-state index in [-0.39, 0.29) is 24.0 Å². The fourth-order valence-corrected chi connectivity index (χ4v) is 3.41. The van der Waals surface area contributed by atoms with Crippen molar-refractivity contribution in [3.05, 3.63) is 53.6 Å². The lowest BCUT2D eigenvalue weighted by molar-refractivity contribution is 0.0709. The Kier molecular flexibility index (Phi) is 3.76. The van der Waals surface area contributed by atoms with Gasteiger partial charge in [0.15, 0.2) is 11.5 Å². The van der Waals surface area contributed by atoms with Gasteiger partial charge in [-0.05, 0) is 24.3 Å². The van der Waals surface area contributed by atoms with Crippen molar-refractivity contribution in [3.63, 3.8) is 0 Å². The molecule has 0 bridgehead atoms. The van der Waals surface area contributed by atoms with Gasteiger partial charge in [-0.3, -0.25) is 4.79 Å². The molecule has 0 saturated carbocycles. The predicted molar refractivity (Wildman–Crippen MR) is 88.6 cm³/mol. The van der Waals surface area contributed by atoms with Crippen LogP contribution in [0.25, 0.3) is 0 Å². The number of aromatic hydroxyl groups is 1. The standard InChI is InChI=1S/C19H19NO4/c21-16-11-18-17(23-12-24-18)10-15(16)19(22)20-8-6-14(7-9-20)13-4-2-1-3-5-13/h1-5,10-11,14,21H,6-9,12H2. The van der Waals surface area contributed by atoms with Crippen molar-refractivity contribution < 1.29 is 19.4 Å². The second-order valence-electron chi connectivity index (χ2n) is 6.20. The Labute approximate surface area is 140 Å². The Hall–Kier alpha value is -2.69. The maximum absolute atomic E-state index is 12.7. The lowest BCUT2D eigenvalue weighted by Gasteiger charge is -2.32. The number of hydrogen-bond acceptors (Lipinski definition) is 4. The number of fused-ring (bicyclic) bond motifs is 1. The molecule has 0 aromatic heterocycles. The van der Waals surface area contributed by atoms with Gasteiger partial charge in [-0.1, -0.05) is 30.3 Å². The minimum Gasteiger partial charge on any atom is -0.507 e. The van der Waals surface area contributed by atoms with E-state index in [1.165, 1.54) is 11.6 Å². The molecule has 24 heavy (non-hydrogen) atoms. The van der Waals surface area contributed by atoms with Crippen molar-refractivity contribution in [2.24, 2.45) is 0 Å². The number of ether oxygens (including phenoxy) is 2. The third-order valence-electron chi connectivity index (χ3n) is 4.77. The summed E-state index contributed by atoms with van der Waals surface area (Å²) in [5, 5.41) is 10.1. The zero-order valence-electron chi connectivity index (χ0n) is 13.3. The fourth-order valence-electron chi connectivity index (χ4n) is 3.41. The molecule has 0 atom stereocenters. The number of carbonyl (C=O) groups is 1. The van der Waals surface area contributed by atoms with Crippen LogP contribution in [0.1, 0.15) is 34.7 Å². The molecule has 2 aliphatic rings. The minimum atomic E-state index is -0.155. The van der Waals surface area contributed by atoms with Gasteiger partial charge in [-0.2, -0.15) is 0 Å². The Morgan fingerprint density at radius 1 is 1.04 bits per heavy atom. The number of piperidine rings is 1. The summed E-state index contributed by atoms with van der Waals surface area (Å²) in [6.45, 7) is 1.49. The first-order valence-corrected chi connectivity index (χ1v) is 8.19. The summed E-state index contributed by atoms with van der Waals surface area (Å²) >= 11 is 0. The lowest BCUT2D eigenvalue weighted by Crippen LogP contribution is -2.37. The van der Waals surface area contributed by atoms with Gasteiger partial charge >= 0.3 is 0 Å². The highest BCUT2D eigenvalue weighted by molar-refractivity contribution is 5.97. The zero-order chi connectivity index (χ0) is 16.5. The molecule has 2 aromatic rings. The van der Waals surface area contributed by atoms with Crippen LogP contribution in [-0.4, -0.2) is 35.8 Å². The molecule has 1 amide bonds. The van der Waals surface area contributed by atoms with Crippen LogP contribution in [0.15, 0.2) is 42.5 Å². The van der Waals surface area contributed by atoms with E-state index in [4.69, 9.17) is 9.47 Å². The highest BCUT2D eigenvalue weighted by Gasteiger charge is 2.28. The molecule has 5 nitrogen and oxygen atoms in total. The van der Waals surface area contributed by atoms with Crippen molar-refractivity contribution in [1.82, 2.24) is 4.90 Å². The quantitative estimate of drug-likeness (QED) is 0.921. The third kappa shape index (κ3) is 2.66. The monoisotopic (exact) mass is 325 g/mol. The Bertz CT molecular complexity index is 751. The molecule has 2 aliphatic heterocycles. The largest absolute Gasteiger partial charge is 0.507 e. The smallest absolute Gasteiger partial charge is 0.257 e. The average Bonchev–Trinajstić information content (AvgIpc) is 3.08. The Balaban J connectivity index is 1.47. The van der Waals surface area contributed by atoms with Crippen molar-refractivity contribution in [2.75, 3.05) is 19.9 Å². The van der Waals surface area contributed by atoms with E-state index in [1.54, 1.807) is 11.0 Å². The molecule has 0 radical (unpaired) electrons. The van der Waals surface area contributed by atoms with E-state index in [0.717, 1.165) is 12.8 Å². The summed E-state index contributed by atoms with van der Waals surface area (Å²) in [6, 6.07) is 13.4. The number of hydrogen-bond donors (Lipinski definition) is 1. The summed E-state index contributed by atoms with van der Waals surface area (Å²) < 4.78 is 10.5. The molecule has 0 spiro atoms. The number of likely N-dealkylation sites (tertiary alicyclic amines) is 1. The van der Waals surface area contributed by atoms with Crippen LogP contribution < -0.4 is 9.47 Å². The molecular formula is C19H19NO4. The molecule has 1 N–H and O–H groups in total. The van der Waals surface area contributed by atoms with Crippen LogP contribution in [0.3, 0.4) is 0 Å². The first kappa shape index (κ1) is 14.9. The van der Waals surface area contributed by atoms with Gasteiger partial charge in [0.1, 0.15) is 5.75 Å². The van der Waals surface area contributed by atoms with Crippen LogP contribution in [0.4, 0.5) is 0 Å². The molecule has 2 aromatic carbocycles. The van der Waals surface area contributed by atoms with Crippen molar-refractivity contribution >= 4 is 5.91 Å². The third-order valence-corrected chi connectivity index (χ3v) is 4.77. The van der Waals surface area contributed by atoms with Gasteiger partial charge in [-0.25, -0.2) is 0 Å². The summed E-state index contributed by atoms with van der Waals surface area (Å²) in [5.41, 5.74) is 1.60.